The molecule has 0 aromatic heterocycles. The molecule has 1 N–H and O–H groups in total. The van der Waals surface area contributed by atoms with Crippen LogP contribution in [0.15, 0.2) is 65.1 Å². The Morgan fingerprint density at radius 3 is 2.37 bits per heavy atom. The fraction of sp³-hybridized carbons (Fsp3) is 0.250. The lowest BCUT2D eigenvalue weighted by Crippen LogP contribution is -2.17. The second-order valence-electron chi connectivity index (χ2n) is 6.77. The predicted molar refractivity (Wildman–Crippen MR) is 128 cm³/mol. The average Bonchev–Trinajstić information content (AvgIpc) is 2.75. The molecular weight excluding hydrogens is 485 g/mol. The Morgan fingerprint density at radius 1 is 0.867 bits per heavy atom. The third-order valence-electron chi connectivity index (χ3n) is 4.54. The maximum atomic E-state index is 6.10. The summed E-state index contributed by atoms with van der Waals surface area (Å²) in [6, 6.07) is 19.9. The van der Waals surface area contributed by atoms with Crippen LogP contribution in [0.25, 0.3) is 0 Å². The van der Waals surface area contributed by atoms with E-state index in [2.05, 4.69) is 45.5 Å². The van der Waals surface area contributed by atoms with Crippen molar-refractivity contribution < 1.29 is 9.47 Å². The summed E-state index contributed by atoms with van der Waals surface area (Å²) < 4.78 is 12.8. The molecule has 3 aromatic rings. The van der Waals surface area contributed by atoms with E-state index < -0.39 is 0 Å². The minimum Gasteiger partial charge on any atom is -0.490 e. The minimum atomic E-state index is 0.373. The van der Waals surface area contributed by atoms with Gasteiger partial charge < -0.3 is 14.8 Å². The molecule has 0 aliphatic rings. The Morgan fingerprint density at radius 2 is 1.63 bits per heavy atom. The van der Waals surface area contributed by atoms with Crippen LogP contribution in [0.3, 0.4) is 0 Å². The van der Waals surface area contributed by atoms with Gasteiger partial charge in [-0.15, -0.1) is 0 Å². The fourth-order valence-electron chi connectivity index (χ4n) is 2.98. The van der Waals surface area contributed by atoms with Crippen molar-refractivity contribution in [1.82, 2.24) is 5.32 Å². The van der Waals surface area contributed by atoms with Crippen molar-refractivity contribution in [3.8, 4) is 11.5 Å². The van der Waals surface area contributed by atoms with Crippen molar-refractivity contribution in [3.63, 3.8) is 0 Å². The molecule has 0 bridgehead atoms. The van der Waals surface area contributed by atoms with E-state index in [1.807, 2.05) is 37.3 Å². The molecule has 3 nitrogen and oxygen atoms in total. The monoisotopic (exact) mass is 507 g/mol. The van der Waals surface area contributed by atoms with Crippen molar-refractivity contribution >= 4 is 39.1 Å². The molecule has 0 saturated heterocycles. The van der Waals surface area contributed by atoms with Gasteiger partial charge in [0.05, 0.1) is 16.7 Å². The van der Waals surface area contributed by atoms with Crippen molar-refractivity contribution in [2.24, 2.45) is 0 Å². The summed E-state index contributed by atoms with van der Waals surface area (Å²) in [6.07, 6.45) is 0.988. The maximum Gasteiger partial charge on any atom is 0.162 e. The number of benzene rings is 3. The van der Waals surface area contributed by atoms with Crippen LogP contribution in [0, 0.1) is 0 Å². The Kier molecular flexibility index (Phi) is 8.88. The van der Waals surface area contributed by atoms with E-state index in [1.165, 1.54) is 5.56 Å². The fourth-order valence-corrected chi connectivity index (χ4v) is 3.77. The normalized spacial score (nSPS) is 10.8. The third-order valence-corrected chi connectivity index (χ3v) is 6.02. The maximum absolute atomic E-state index is 6.10. The lowest BCUT2D eigenvalue weighted by atomic mass is 10.1. The first-order valence-corrected chi connectivity index (χ1v) is 11.4. The highest BCUT2D eigenvalue weighted by molar-refractivity contribution is 9.10. The van der Waals surface area contributed by atoms with Gasteiger partial charge in [0.15, 0.2) is 11.5 Å². The van der Waals surface area contributed by atoms with Gasteiger partial charge >= 0.3 is 0 Å². The van der Waals surface area contributed by atoms with Gasteiger partial charge in [-0.25, -0.2) is 0 Å². The van der Waals surface area contributed by atoms with E-state index >= 15 is 0 Å². The van der Waals surface area contributed by atoms with Gasteiger partial charge in [-0.2, -0.15) is 0 Å². The molecule has 0 heterocycles. The highest BCUT2D eigenvalue weighted by Crippen LogP contribution is 2.34. The Bertz CT molecular complexity index is 967. The molecule has 0 spiro atoms. The number of hydrogen-bond acceptors (Lipinski definition) is 3. The number of rotatable bonds is 10. The summed E-state index contributed by atoms with van der Waals surface area (Å²) in [7, 11) is 0. The van der Waals surface area contributed by atoms with Crippen molar-refractivity contribution in [2.45, 2.75) is 26.5 Å². The van der Waals surface area contributed by atoms with E-state index in [0.717, 1.165) is 40.9 Å². The zero-order valence-electron chi connectivity index (χ0n) is 16.8. The first-order valence-electron chi connectivity index (χ1n) is 9.83. The van der Waals surface area contributed by atoms with E-state index in [9.17, 15) is 0 Å². The molecule has 0 aliphatic heterocycles. The van der Waals surface area contributed by atoms with Crippen LogP contribution < -0.4 is 14.8 Å². The smallest absolute Gasteiger partial charge is 0.162 e. The molecule has 0 fully saturated rings. The molecule has 6 heteroatoms. The number of ether oxygens (including phenoxy) is 2. The zero-order valence-corrected chi connectivity index (χ0v) is 19.9. The van der Waals surface area contributed by atoms with Crippen molar-refractivity contribution in [3.05, 3.63) is 91.9 Å². The minimum absolute atomic E-state index is 0.373. The van der Waals surface area contributed by atoms with Gasteiger partial charge in [0.2, 0.25) is 0 Å². The van der Waals surface area contributed by atoms with Gasteiger partial charge in [-0.3, -0.25) is 0 Å². The predicted octanol–water partition coefficient (Wildman–Crippen LogP) is 7.07. The summed E-state index contributed by atoms with van der Waals surface area (Å²) in [6.45, 7) is 4.53. The van der Waals surface area contributed by atoms with Crippen LogP contribution >= 0.6 is 39.1 Å². The second-order valence-corrected chi connectivity index (χ2v) is 8.44. The molecular formula is C24H24BrCl2NO2. The van der Waals surface area contributed by atoms with Crippen LogP contribution in [-0.4, -0.2) is 13.2 Å². The number of halogens is 3. The summed E-state index contributed by atoms with van der Waals surface area (Å²) in [5.41, 5.74) is 3.38. The van der Waals surface area contributed by atoms with Gasteiger partial charge in [-0.05, 0) is 60.8 Å². The SMILES string of the molecule is CCOc1cc(CNCCc2ccccc2)c(Br)cc1OCc1ccc(Cl)c(Cl)c1. The van der Waals surface area contributed by atoms with Gasteiger partial charge in [0, 0.05) is 11.0 Å². The molecule has 0 amide bonds. The van der Waals surface area contributed by atoms with Crippen LogP contribution in [0.5, 0.6) is 11.5 Å². The molecule has 158 valence electrons. The van der Waals surface area contributed by atoms with E-state index in [1.54, 1.807) is 6.07 Å². The van der Waals surface area contributed by atoms with E-state index in [0.29, 0.717) is 29.0 Å². The summed E-state index contributed by atoms with van der Waals surface area (Å²) in [5.74, 6) is 1.41. The molecule has 30 heavy (non-hydrogen) atoms. The van der Waals surface area contributed by atoms with Gasteiger partial charge in [0.25, 0.3) is 0 Å². The van der Waals surface area contributed by atoms with Gasteiger partial charge in [-0.1, -0.05) is 75.5 Å². The molecule has 3 rings (SSSR count). The second kappa shape index (κ2) is 11.6. The van der Waals surface area contributed by atoms with E-state index in [-0.39, 0.29) is 0 Å². The third kappa shape index (κ3) is 6.64. The highest BCUT2D eigenvalue weighted by atomic mass is 79.9. The summed E-state index contributed by atoms with van der Waals surface area (Å²) in [5, 5.41) is 4.54. The van der Waals surface area contributed by atoms with Crippen LogP contribution in [0.1, 0.15) is 23.6 Å². The molecule has 0 atom stereocenters. The number of hydrogen-bond donors (Lipinski definition) is 1. The molecule has 0 radical (unpaired) electrons. The molecule has 0 saturated carbocycles. The molecule has 0 unspecified atom stereocenters. The molecule has 3 aromatic carbocycles. The molecule has 0 aliphatic carbocycles. The van der Waals surface area contributed by atoms with Crippen LogP contribution in [0.2, 0.25) is 10.0 Å². The summed E-state index contributed by atoms with van der Waals surface area (Å²) in [4.78, 5) is 0. The quantitative estimate of drug-likeness (QED) is 0.297. The standard InChI is InChI=1S/C24H24BrCl2NO2/c1-2-29-23-13-19(15-28-11-10-17-6-4-3-5-7-17)20(25)14-24(23)30-16-18-8-9-21(26)22(27)12-18/h3-9,12-14,28H,2,10-11,15-16H2,1H3. The van der Waals surface area contributed by atoms with Crippen LogP contribution in [0.4, 0.5) is 0 Å². The lowest BCUT2D eigenvalue weighted by molar-refractivity contribution is 0.269. The summed E-state index contributed by atoms with van der Waals surface area (Å²) >= 11 is 15.7. The Labute approximate surface area is 196 Å². The highest BCUT2D eigenvalue weighted by Gasteiger charge is 2.12. The zero-order chi connectivity index (χ0) is 21.3. The largest absolute Gasteiger partial charge is 0.490 e. The Hall–Kier alpha value is -1.72. The Balaban J connectivity index is 1.63. The van der Waals surface area contributed by atoms with E-state index in [4.69, 9.17) is 32.7 Å². The topological polar surface area (TPSA) is 30.5 Å². The van der Waals surface area contributed by atoms with Crippen molar-refractivity contribution in [1.29, 1.82) is 0 Å². The van der Waals surface area contributed by atoms with Gasteiger partial charge in [0.1, 0.15) is 6.61 Å². The average molecular weight is 509 g/mol. The van der Waals surface area contributed by atoms with Crippen molar-refractivity contribution in [2.75, 3.05) is 13.2 Å². The first-order chi connectivity index (χ1) is 14.6. The lowest BCUT2D eigenvalue weighted by Gasteiger charge is -2.16. The first kappa shape index (κ1) is 23.0. The number of nitrogens with one attached hydrogen (secondary N) is 1. The van der Waals surface area contributed by atoms with Crippen LogP contribution in [-0.2, 0) is 19.6 Å².